The number of sulfonamides is 1. The summed E-state index contributed by atoms with van der Waals surface area (Å²) in [6.07, 6.45) is 5.73. The lowest BCUT2D eigenvalue weighted by molar-refractivity contribution is -0.139. The van der Waals surface area contributed by atoms with Gasteiger partial charge in [0.1, 0.15) is 12.6 Å². The van der Waals surface area contributed by atoms with Gasteiger partial charge in [0.2, 0.25) is 11.8 Å². The summed E-state index contributed by atoms with van der Waals surface area (Å²) in [4.78, 5) is 29.0. The van der Waals surface area contributed by atoms with Crippen molar-refractivity contribution in [2.75, 3.05) is 17.4 Å². The third-order valence-corrected chi connectivity index (χ3v) is 9.87. The zero-order chi connectivity index (χ0) is 29.4. The zero-order valence-electron chi connectivity index (χ0n) is 23.6. The Morgan fingerprint density at radius 1 is 0.951 bits per heavy atom. The fourth-order valence-electron chi connectivity index (χ4n) is 5.14. The number of hydrogen-bond donors (Lipinski definition) is 1. The van der Waals surface area contributed by atoms with Crippen LogP contribution in [0.1, 0.15) is 50.2 Å². The van der Waals surface area contributed by atoms with Gasteiger partial charge in [-0.2, -0.15) is 0 Å². The highest BCUT2D eigenvalue weighted by Crippen LogP contribution is 2.27. The Balaban J connectivity index is 1.63. The summed E-state index contributed by atoms with van der Waals surface area (Å²) in [5.41, 5.74) is 2.32. The molecule has 0 aromatic heterocycles. The minimum absolute atomic E-state index is 0.0924. The van der Waals surface area contributed by atoms with E-state index in [1.54, 1.807) is 55.5 Å². The number of nitrogens with one attached hydrogen (secondary N) is 1. The van der Waals surface area contributed by atoms with Gasteiger partial charge in [0.05, 0.1) is 10.6 Å². The molecule has 3 aromatic rings. The zero-order valence-corrected chi connectivity index (χ0v) is 26.0. The molecular formula is C32H38BrN3O4S. The van der Waals surface area contributed by atoms with Crippen LogP contribution < -0.4 is 9.62 Å². The van der Waals surface area contributed by atoms with E-state index < -0.39 is 28.5 Å². The predicted octanol–water partition coefficient (Wildman–Crippen LogP) is 5.86. The van der Waals surface area contributed by atoms with Crippen LogP contribution in [0.25, 0.3) is 0 Å². The van der Waals surface area contributed by atoms with Crippen molar-refractivity contribution in [2.24, 2.45) is 0 Å². The van der Waals surface area contributed by atoms with Crippen molar-refractivity contribution in [1.29, 1.82) is 0 Å². The molecule has 1 unspecified atom stereocenters. The molecule has 0 radical (unpaired) electrons. The number of aryl methyl sites for hydroxylation is 1. The van der Waals surface area contributed by atoms with Gasteiger partial charge in [0, 0.05) is 17.1 Å². The van der Waals surface area contributed by atoms with Crippen molar-refractivity contribution in [3.05, 3.63) is 94.5 Å². The Hall–Kier alpha value is -3.17. The van der Waals surface area contributed by atoms with Crippen LogP contribution in [0.3, 0.4) is 0 Å². The van der Waals surface area contributed by atoms with E-state index in [1.807, 2.05) is 37.3 Å². The Morgan fingerprint density at radius 2 is 1.63 bits per heavy atom. The molecule has 1 aliphatic carbocycles. The third-order valence-electron chi connectivity index (χ3n) is 7.59. The highest BCUT2D eigenvalue weighted by molar-refractivity contribution is 9.10. The van der Waals surface area contributed by atoms with Gasteiger partial charge in [0.15, 0.2) is 0 Å². The van der Waals surface area contributed by atoms with Crippen molar-refractivity contribution < 1.29 is 18.0 Å². The molecule has 0 spiro atoms. The standard InChI is InChI=1S/C32H38BrN3O4S/c1-24-16-18-30(19-17-24)41(39,40)36(29-15-9-12-27(33)22-29)23-31(37)35(21-20-26-10-5-3-6-11-26)25(2)32(38)34-28-13-7-4-8-14-28/h3,5-6,9-12,15-19,22,25,28H,4,7-8,13-14,20-21,23H2,1-2H3,(H,34,38). The van der Waals surface area contributed by atoms with Crippen LogP contribution in [0.4, 0.5) is 5.69 Å². The first-order chi connectivity index (χ1) is 19.6. The Labute approximate surface area is 252 Å². The molecule has 2 amide bonds. The molecular weight excluding hydrogens is 602 g/mol. The number of amides is 2. The van der Waals surface area contributed by atoms with Crippen LogP contribution in [0.5, 0.6) is 0 Å². The molecule has 1 saturated carbocycles. The maximum absolute atomic E-state index is 14.0. The third kappa shape index (κ3) is 8.20. The molecule has 0 bridgehead atoms. The van der Waals surface area contributed by atoms with Crippen LogP contribution in [-0.2, 0) is 26.0 Å². The summed E-state index contributed by atoms with van der Waals surface area (Å²) >= 11 is 3.43. The summed E-state index contributed by atoms with van der Waals surface area (Å²) in [5, 5.41) is 3.14. The molecule has 4 rings (SSSR count). The minimum atomic E-state index is -4.09. The molecule has 1 N–H and O–H groups in total. The molecule has 0 heterocycles. The molecule has 3 aromatic carbocycles. The fourth-order valence-corrected chi connectivity index (χ4v) is 6.93. The van der Waals surface area contributed by atoms with E-state index in [-0.39, 0.29) is 23.4 Å². The number of halogens is 1. The normalized spacial score (nSPS) is 14.7. The summed E-state index contributed by atoms with van der Waals surface area (Å²) in [7, 11) is -4.09. The maximum atomic E-state index is 14.0. The number of nitrogens with zero attached hydrogens (tertiary/aromatic N) is 2. The smallest absolute Gasteiger partial charge is 0.264 e. The van der Waals surface area contributed by atoms with E-state index in [4.69, 9.17) is 0 Å². The van der Waals surface area contributed by atoms with Crippen LogP contribution in [0.2, 0.25) is 0 Å². The fraction of sp³-hybridized carbons (Fsp3) is 0.375. The number of benzene rings is 3. The topological polar surface area (TPSA) is 86.8 Å². The molecule has 41 heavy (non-hydrogen) atoms. The predicted molar refractivity (Wildman–Crippen MR) is 166 cm³/mol. The first kappa shape index (κ1) is 30.8. The largest absolute Gasteiger partial charge is 0.352 e. The summed E-state index contributed by atoms with van der Waals surface area (Å²) in [6, 6.07) is 22.5. The summed E-state index contributed by atoms with van der Waals surface area (Å²) < 4.78 is 29.7. The van der Waals surface area contributed by atoms with Gasteiger partial charge < -0.3 is 10.2 Å². The summed E-state index contributed by atoms with van der Waals surface area (Å²) in [6.45, 7) is 3.44. The number of rotatable bonds is 11. The number of hydrogen-bond acceptors (Lipinski definition) is 4. The first-order valence-electron chi connectivity index (χ1n) is 14.1. The molecule has 9 heteroatoms. The quantitative estimate of drug-likeness (QED) is 0.285. The van der Waals surface area contributed by atoms with E-state index >= 15 is 0 Å². The van der Waals surface area contributed by atoms with E-state index in [2.05, 4.69) is 21.2 Å². The monoisotopic (exact) mass is 639 g/mol. The van der Waals surface area contributed by atoms with Gasteiger partial charge in [-0.1, -0.05) is 89.3 Å². The van der Waals surface area contributed by atoms with E-state index in [1.165, 1.54) is 11.3 Å². The molecule has 0 saturated heterocycles. The van der Waals surface area contributed by atoms with Crippen molar-refractivity contribution in [2.45, 2.75) is 69.4 Å². The first-order valence-corrected chi connectivity index (χ1v) is 16.4. The molecule has 218 valence electrons. The lowest BCUT2D eigenvalue weighted by Gasteiger charge is -2.33. The molecule has 1 atom stereocenters. The van der Waals surface area contributed by atoms with Crippen molar-refractivity contribution in [1.82, 2.24) is 10.2 Å². The number of carbonyl (C=O) groups excluding carboxylic acids is 2. The summed E-state index contributed by atoms with van der Waals surface area (Å²) in [5.74, 6) is -0.656. The number of anilines is 1. The van der Waals surface area contributed by atoms with Gasteiger partial charge >= 0.3 is 0 Å². The van der Waals surface area contributed by atoms with Crippen molar-refractivity contribution in [3.8, 4) is 0 Å². The van der Waals surface area contributed by atoms with Gasteiger partial charge in [-0.25, -0.2) is 8.42 Å². The highest BCUT2D eigenvalue weighted by atomic mass is 79.9. The number of carbonyl (C=O) groups is 2. The van der Waals surface area contributed by atoms with Crippen LogP contribution in [-0.4, -0.2) is 50.3 Å². The van der Waals surface area contributed by atoms with Crippen LogP contribution >= 0.6 is 15.9 Å². The second-order valence-electron chi connectivity index (χ2n) is 10.6. The lowest BCUT2D eigenvalue weighted by atomic mass is 9.95. The van der Waals surface area contributed by atoms with E-state index in [9.17, 15) is 18.0 Å². The lowest BCUT2D eigenvalue weighted by Crippen LogP contribution is -2.53. The Kier molecular flexibility index (Phi) is 10.6. The average molecular weight is 641 g/mol. The van der Waals surface area contributed by atoms with Gasteiger partial charge in [0.25, 0.3) is 10.0 Å². The molecule has 7 nitrogen and oxygen atoms in total. The van der Waals surface area contributed by atoms with Gasteiger partial charge in [-0.3, -0.25) is 13.9 Å². The van der Waals surface area contributed by atoms with Crippen molar-refractivity contribution in [3.63, 3.8) is 0 Å². The van der Waals surface area contributed by atoms with Crippen LogP contribution in [0.15, 0.2) is 88.2 Å². The second kappa shape index (κ2) is 14.1. The average Bonchev–Trinajstić information content (AvgIpc) is 2.97. The van der Waals surface area contributed by atoms with E-state index in [0.717, 1.165) is 41.1 Å². The molecule has 1 aliphatic rings. The van der Waals surface area contributed by atoms with Gasteiger partial charge in [-0.05, 0) is 69.0 Å². The van der Waals surface area contributed by atoms with E-state index in [0.29, 0.717) is 16.6 Å². The Bertz CT molecular complexity index is 1420. The molecule has 1 fully saturated rings. The van der Waals surface area contributed by atoms with Gasteiger partial charge in [-0.15, -0.1) is 0 Å². The van der Waals surface area contributed by atoms with Crippen LogP contribution in [0, 0.1) is 6.92 Å². The minimum Gasteiger partial charge on any atom is -0.352 e. The molecule has 0 aliphatic heterocycles. The van der Waals surface area contributed by atoms with Crippen molar-refractivity contribution >= 4 is 43.5 Å². The second-order valence-corrected chi connectivity index (χ2v) is 13.4. The Morgan fingerprint density at radius 3 is 2.29 bits per heavy atom. The SMILES string of the molecule is Cc1ccc(S(=O)(=O)N(CC(=O)N(CCc2ccccc2)C(C)C(=O)NC2CCCCC2)c2cccc(Br)c2)cc1. The maximum Gasteiger partial charge on any atom is 0.264 e. The highest BCUT2D eigenvalue weighted by Gasteiger charge is 2.33.